The van der Waals surface area contributed by atoms with Gasteiger partial charge in [-0.3, -0.25) is 0 Å². The standard InChI is InChI=1S/C15H22N2/c1-12(15(11-16)8-9-15)17-10-4-6-13-5-2-3-7-14(13)17/h2-3,5,7,12H,4,6,8-11,16H2,1H3. The molecule has 1 aliphatic heterocycles. The number of nitrogens with two attached hydrogens (primary N) is 1. The number of para-hydroxylation sites is 1. The minimum Gasteiger partial charge on any atom is -0.368 e. The molecule has 0 bridgehead atoms. The number of aryl methyl sites for hydroxylation is 1. The zero-order valence-electron chi connectivity index (χ0n) is 10.7. The van der Waals surface area contributed by atoms with Crippen LogP contribution in [0.4, 0.5) is 5.69 Å². The van der Waals surface area contributed by atoms with Gasteiger partial charge in [0.2, 0.25) is 0 Å². The molecule has 1 fully saturated rings. The zero-order valence-corrected chi connectivity index (χ0v) is 10.7. The van der Waals surface area contributed by atoms with Crippen LogP contribution in [0.25, 0.3) is 0 Å². The van der Waals surface area contributed by atoms with Crippen molar-refractivity contribution >= 4 is 5.69 Å². The lowest BCUT2D eigenvalue weighted by Crippen LogP contribution is -2.45. The molecular formula is C15H22N2. The fourth-order valence-corrected chi connectivity index (χ4v) is 3.25. The molecule has 1 aromatic carbocycles. The van der Waals surface area contributed by atoms with Crippen molar-refractivity contribution in [1.82, 2.24) is 0 Å². The highest BCUT2D eigenvalue weighted by Gasteiger charge is 2.48. The molecule has 1 unspecified atom stereocenters. The number of fused-ring (bicyclic) bond motifs is 1. The fraction of sp³-hybridized carbons (Fsp3) is 0.600. The van der Waals surface area contributed by atoms with Crippen LogP contribution in [0.15, 0.2) is 24.3 Å². The summed E-state index contributed by atoms with van der Waals surface area (Å²) in [6, 6.07) is 9.46. The molecule has 2 aliphatic rings. The van der Waals surface area contributed by atoms with Crippen molar-refractivity contribution in [3.05, 3.63) is 29.8 Å². The maximum Gasteiger partial charge on any atom is 0.0401 e. The highest BCUT2D eigenvalue weighted by Crippen LogP contribution is 2.50. The van der Waals surface area contributed by atoms with Crippen LogP contribution in [0.2, 0.25) is 0 Å². The SMILES string of the molecule is CC(N1CCCc2ccccc21)C1(CN)CC1. The van der Waals surface area contributed by atoms with Crippen molar-refractivity contribution in [1.29, 1.82) is 0 Å². The molecule has 0 spiro atoms. The molecule has 1 atom stereocenters. The van der Waals surface area contributed by atoms with Crippen LogP contribution in [0.3, 0.4) is 0 Å². The number of rotatable bonds is 3. The minimum atomic E-state index is 0.407. The molecule has 92 valence electrons. The van der Waals surface area contributed by atoms with Crippen molar-refractivity contribution in [2.24, 2.45) is 11.1 Å². The van der Waals surface area contributed by atoms with Crippen LogP contribution in [0, 0.1) is 5.41 Å². The second-order valence-corrected chi connectivity index (χ2v) is 5.67. The summed E-state index contributed by atoms with van der Waals surface area (Å²) in [6.07, 6.45) is 5.13. The smallest absolute Gasteiger partial charge is 0.0401 e. The maximum absolute atomic E-state index is 5.97. The van der Waals surface area contributed by atoms with Crippen molar-refractivity contribution in [2.45, 2.75) is 38.6 Å². The second-order valence-electron chi connectivity index (χ2n) is 5.67. The molecule has 1 aliphatic carbocycles. The van der Waals surface area contributed by atoms with Gasteiger partial charge in [0.15, 0.2) is 0 Å². The van der Waals surface area contributed by atoms with Gasteiger partial charge in [-0.1, -0.05) is 18.2 Å². The minimum absolute atomic E-state index is 0.407. The van der Waals surface area contributed by atoms with E-state index in [2.05, 4.69) is 36.1 Å². The Bertz CT molecular complexity index is 409. The monoisotopic (exact) mass is 230 g/mol. The van der Waals surface area contributed by atoms with Crippen LogP contribution < -0.4 is 10.6 Å². The molecule has 0 saturated heterocycles. The number of nitrogens with zero attached hydrogens (tertiary/aromatic N) is 1. The van der Waals surface area contributed by atoms with Crippen molar-refractivity contribution in [3.63, 3.8) is 0 Å². The molecule has 3 rings (SSSR count). The third kappa shape index (κ3) is 1.75. The van der Waals surface area contributed by atoms with Gasteiger partial charge in [0.1, 0.15) is 0 Å². The first-order chi connectivity index (χ1) is 8.27. The average molecular weight is 230 g/mol. The second kappa shape index (κ2) is 4.02. The van der Waals surface area contributed by atoms with Crippen LogP contribution in [-0.4, -0.2) is 19.1 Å². The van der Waals surface area contributed by atoms with Crippen molar-refractivity contribution in [2.75, 3.05) is 18.0 Å². The highest BCUT2D eigenvalue weighted by molar-refractivity contribution is 5.56. The molecule has 1 saturated carbocycles. The van der Waals surface area contributed by atoms with Gasteiger partial charge in [-0.2, -0.15) is 0 Å². The van der Waals surface area contributed by atoms with Gasteiger partial charge >= 0.3 is 0 Å². The Kier molecular flexibility index (Phi) is 2.62. The number of benzene rings is 1. The molecular weight excluding hydrogens is 208 g/mol. The molecule has 2 N–H and O–H groups in total. The van der Waals surface area contributed by atoms with E-state index < -0.39 is 0 Å². The Morgan fingerprint density at radius 1 is 1.35 bits per heavy atom. The van der Waals surface area contributed by atoms with E-state index in [9.17, 15) is 0 Å². The van der Waals surface area contributed by atoms with E-state index in [1.807, 2.05) is 0 Å². The van der Waals surface area contributed by atoms with E-state index in [0.717, 1.165) is 6.54 Å². The van der Waals surface area contributed by atoms with E-state index in [-0.39, 0.29) is 0 Å². The first-order valence-electron chi connectivity index (χ1n) is 6.81. The molecule has 1 aromatic rings. The number of hydrogen-bond donors (Lipinski definition) is 1. The third-order valence-corrected chi connectivity index (χ3v) is 4.80. The molecule has 0 amide bonds. The molecule has 0 radical (unpaired) electrons. The first kappa shape index (κ1) is 11.1. The van der Waals surface area contributed by atoms with Gasteiger partial charge in [0, 0.05) is 23.7 Å². The van der Waals surface area contributed by atoms with E-state index >= 15 is 0 Å². The van der Waals surface area contributed by atoms with Crippen LogP contribution in [-0.2, 0) is 6.42 Å². The van der Waals surface area contributed by atoms with Crippen LogP contribution in [0.5, 0.6) is 0 Å². The number of anilines is 1. The summed E-state index contributed by atoms with van der Waals surface area (Å²) < 4.78 is 0. The predicted octanol–water partition coefficient (Wildman–Crippen LogP) is 2.57. The quantitative estimate of drug-likeness (QED) is 0.864. The first-order valence-corrected chi connectivity index (χ1v) is 6.81. The summed E-state index contributed by atoms with van der Waals surface area (Å²) in [5, 5.41) is 0. The largest absolute Gasteiger partial charge is 0.368 e. The van der Waals surface area contributed by atoms with Gasteiger partial charge in [-0.05, 0) is 50.8 Å². The lowest BCUT2D eigenvalue weighted by atomic mass is 9.92. The summed E-state index contributed by atoms with van der Waals surface area (Å²) >= 11 is 0. The predicted molar refractivity (Wildman–Crippen MR) is 72.3 cm³/mol. The van der Waals surface area contributed by atoms with Crippen molar-refractivity contribution in [3.8, 4) is 0 Å². The summed E-state index contributed by atoms with van der Waals surface area (Å²) in [5.41, 5.74) is 9.34. The summed E-state index contributed by atoms with van der Waals surface area (Å²) in [4.78, 5) is 2.60. The maximum atomic E-state index is 5.97. The highest BCUT2D eigenvalue weighted by atomic mass is 15.2. The summed E-state index contributed by atoms with van der Waals surface area (Å²) in [6.45, 7) is 4.40. The topological polar surface area (TPSA) is 29.3 Å². The Morgan fingerprint density at radius 3 is 2.82 bits per heavy atom. The van der Waals surface area contributed by atoms with Crippen LogP contribution in [0.1, 0.15) is 31.7 Å². The van der Waals surface area contributed by atoms with Gasteiger partial charge in [-0.15, -0.1) is 0 Å². The van der Waals surface area contributed by atoms with Gasteiger partial charge in [0.05, 0.1) is 0 Å². The van der Waals surface area contributed by atoms with Gasteiger partial charge in [0.25, 0.3) is 0 Å². The molecule has 1 heterocycles. The van der Waals surface area contributed by atoms with E-state index in [4.69, 9.17) is 5.73 Å². The summed E-state index contributed by atoms with van der Waals surface area (Å²) in [5.74, 6) is 0. The van der Waals surface area contributed by atoms with E-state index in [1.54, 1.807) is 0 Å². The van der Waals surface area contributed by atoms with Gasteiger partial charge in [-0.25, -0.2) is 0 Å². The van der Waals surface area contributed by atoms with E-state index in [0.29, 0.717) is 11.5 Å². The molecule has 0 aromatic heterocycles. The van der Waals surface area contributed by atoms with Gasteiger partial charge < -0.3 is 10.6 Å². The van der Waals surface area contributed by atoms with Crippen molar-refractivity contribution < 1.29 is 0 Å². The van der Waals surface area contributed by atoms with Crippen LogP contribution >= 0.6 is 0 Å². The third-order valence-electron chi connectivity index (χ3n) is 4.80. The normalized spacial score (nSPS) is 23.1. The Hall–Kier alpha value is -1.02. The fourth-order valence-electron chi connectivity index (χ4n) is 3.25. The molecule has 17 heavy (non-hydrogen) atoms. The lowest BCUT2D eigenvalue weighted by Gasteiger charge is -2.40. The Morgan fingerprint density at radius 2 is 2.12 bits per heavy atom. The summed E-state index contributed by atoms with van der Waals surface area (Å²) in [7, 11) is 0. The average Bonchev–Trinajstić information content (AvgIpc) is 3.18. The Labute approximate surface area is 104 Å². The molecule has 2 nitrogen and oxygen atoms in total. The zero-order chi connectivity index (χ0) is 11.9. The lowest BCUT2D eigenvalue weighted by molar-refractivity contribution is 0.397. The number of hydrogen-bond acceptors (Lipinski definition) is 2. The van der Waals surface area contributed by atoms with E-state index in [1.165, 1.54) is 43.5 Å². The Balaban J connectivity index is 1.90. The molecule has 2 heteroatoms.